The molecule has 0 heterocycles. The third-order valence-electron chi connectivity index (χ3n) is 0. The molecular weight excluding hydrogens is 116 g/mol. The first kappa shape index (κ1) is 740. The molecular formula is H8CrO4+2. The van der Waals surface area contributed by atoms with Crippen LogP contribution in [0.2, 0.25) is 0 Å². The average Bonchev–Trinajstić information content (AvgIpc) is 0. The van der Waals surface area contributed by atoms with E-state index in [1.807, 2.05) is 0 Å². The van der Waals surface area contributed by atoms with Crippen LogP contribution in [-0.4, -0.2) is 21.9 Å². The van der Waals surface area contributed by atoms with Gasteiger partial charge in [-0.05, 0) is 0 Å². The molecule has 0 aliphatic rings. The molecule has 5 heteroatoms. The SMILES string of the molecule is O.O.O.O.[Cr+2]. The number of rotatable bonds is 0. The van der Waals surface area contributed by atoms with Crippen molar-refractivity contribution in [2.75, 3.05) is 0 Å². The first-order valence-corrected chi connectivity index (χ1v) is 0. The van der Waals surface area contributed by atoms with Crippen LogP contribution < -0.4 is 0 Å². The maximum Gasteiger partial charge on any atom is 2.00 e. The van der Waals surface area contributed by atoms with Crippen LogP contribution in [0.25, 0.3) is 0 Å². The van der Waals surface area contributed by atoms with Gasteiger partial charge in [-0.1, -0.05) is 0 Å². The van der Waals surface area contributed by atoms with E-state index in [0.29, 0.717) is 0 Å². The van der Waals surface area contributed by atoms with Gasteiger partial charge in [0.05, 0.1) is 0 Å². The van der Waals surface area contributed by atoms with E-state index in [4.69, 9.17) is 0 Å². The second-order valence-electron chi connectivity index (χ2n) is 0. The molecule has 0 aliphatic heterocycles. The minimum absolute atomic E-state index is 0. The molecule has 0 aromatic rings. The molecule has 36 valence electrons. The van der Waals surface area contributed by atoms with Gasteiger partial charge in [0.2, 0.25) is 0 Å². The van der Waals surface area contributed by atoms with E-state index in [1.165, 1.54) is 0 Å². The Balaban J connectivity index is 0. The van der Waals surface area contributed by atoms with Crippen LogP contribution in [0.3, 0.4) is 0 Å². The van der Waals surface area contributed by atoms with Gasteiger partial charge in [-0.2, -0.15) is 0 Å². The Morgan fingerprint density at radius 1 is 0.400 bits per heavy atom. The molecule has 0 saturated heterocycles. The van der Waals surface area contributed by atoms with Gasteiger partial charge in [-0.25, -0.2) is 0 Å². The van der Waals surface area contributed by atoms with E-state index in [-0.39, 0.29) is 39.3 Å². The smallest absolute Gasteiger partial charge is 0.412 e. The maximum atomic E-state index is 0. The molecule has 5 heavy (non-hydrogen) atoms. The first-order chi connectivity index (χ1) is 0. The Hall–Kier alpha value is 0.372. The second kappa shape index (κ2) is 358. The van der Waals surface area contributed by atoms with Crippen molar-refractivity contribution in [3.8, 4) is 0 Å². The average molecular weight is 124 g/mol. The molecule has 0 saturated carbocycles. The van der Waals surface area contributed by atoms with Gasteiger partial charge in [-0.3, -0.25) is 0 Å². The second-order valence-corrected chi connectivity index (χ2v) is 0. The van der Waals surface area contributed by atoms with E-state index in [9.17, 15) is 0 Å². The van der Waals surface area contributed by atoms with Crippen molar-refractivity contribution in [1.29, 1.82) is 0 Å². The van der Waals surface area contributed by atoms with Gasteiger partial charge >= 0.3 is 17.4 Å². The van der Waals surface area contributed by atoms with E-state index in [0.717, 1.165) is 0 Å². The zero-order chi connectivity index (χ0) is 0. The van der Waals surface area contributed by atoms with E-state index >= 15 is 0 Å². The molecule has 0 atom stereocenters. The topological polar surface area (TPSA) is 126 Å². The Labute approximate surface area is 40.2 Å². The molecule has 0 unspecified atom stereocenters. The Morgan fingerprint density at radius 2 is 0.400 bits per heavy atom. The summed E-state index contributed by atoms with van der Waals surface area (Å²) in [5.41, 5.74) is 0. The predicted octanol–water partition coefficient (Wildman–Crippen LogP) is -3.30. The first-order valence-electron chi connectivity index (χ1n) is 0. The third kappa shape index (κ3) is 177. The van der Waals surface area contributed by atoms with Gasteiger partial charge in [0.25, 0.3) is 0 Å². The molecule has 0 bridgehead atoms. The van der Waals surface area contributed by atoms with Crippen molar-refractivity contribution in [2.24, 2.45) is 0 Å². The number of hydrogen-bond acceptors (Lipinski definition) is 0. The normalized spacial score (nSPS) is 0. The Bertz CT molecular complexity index is 3.61. The molecule has 0 spiro atoms. The molecule has 8 N–H and O–H groups in total. The molecule has 0 radical (unpaired) electrons. The van der Waals surface area contributed by atoms with Crippen molar-refractivity contribution in [3.05, 3.63) is 0 Å². The summed E-state index contributed by atoms with van der Waals surface area (Å²) in [6, 6.07) is 0. The summed E-state index contributed by atoms with van der Waals surface area (Å²) in [7, 11) is 0. The third-order valence-corrected chi connectivity index (χ3v) is 0. The van der Waals surface area contributed by atoms with Gasteiger partial charge < -0.3 is 21.9 Å². The van der Waals surface area contributed by atoms with Crippen LogP contribution >= 0.6 is 0 Å². The van der Waals surface area contributed by atoms with Crippen molar-refractivity contribution >= 4 is 0 Å². The Kier molecular flexibility index (Phi) is 53100. The van der Waals surface area contributed by atoms with Crippen molar-refractivity contribution < 1.29 is 39.3 Å². The Morgan fingerprint density at radius 3 is 0.400 bits per heavy atom. The summed E-state index contributed by atoms with van der Waals surface area (Å²) < 4.78 is 0. The summed E-state index contributed by atoms with van der Waals surface area (Å²) in [6.07, 6.45) is 0. The van der Waals surface area contributed by atoms with Crippen LogP contribution in [0.1, 0.15) is 0 Å². The van der Waals surface area contributed by atoms with Crippen LogP contribution in [0.15, 0.2) is 0 Å². The van der Waals surface area contributed by atoms with Crippen molar-refractivity contribution in [1.82, 2.24) is 0 Å². The van der Waals surface area contributed by atoms with Crippen LogP contribution in [-0.2, 0) is 17.4 Å². The molecule has 0 aromatic carbocycles. The summed E-state index contributed by atoms with van der Waals surface area (Å²) in [4.78, 5) is 0. The molecule has 0 aromatic heterocycles. The fraction of sp³-hybridized carbons (Fsp3) is 0. The zero-order valence-corrected chi connectivity index (χ0v) is 3.68. The van der Waals surface area contributed by atoms with Crippen molar-refractivity contribution in [2.45, 2.75) is 0 Å². The molecule has 0 aliphatic carbocycles. The van der Waals surface area contributed by atoms with Gasteiger partial charge in [0.1, 0.15) is 0 Å². The van der Waals surface area contributed by atoms with Crippen molar-refractivity contribution in [3.63, 3.8) is 0 Å². The van der Waals surface area contributed by atoms with E-state index in [2.05, 4.69) is 0 Å². The monoisotopic (exact) mass is 124 g/mol. The summed E-state index contributed by atoms with van der Waals surface area (Å²) in [5.74, 6) is 0. The fourth-order valence-corrected chi connectivity index (χ4v) is 0. The van der Waals surface area contributed by atoms with Crippen LogP contribution in [0.4, 0.5) is 0 Å². The van der Waals surface area contributed by atoms with E-state index in [1.54, 1.807) is 0 Å². The largest absolute Gasteiger partial charge is 2.00 e. The van der Waals surface area contributed by atoms with Gasteiger partial charge in [0, 0.05) is 0 Å². The predicted molar refractivity (Wildman–Crippen MR) is 14.5 cm³/mol. The minimum Gasteiger partial charge on any atom is -0.412 e. The van der Waals surface area contributed by atoms with Crippen LogP contribution in [0.5, 0.6) is 0 Å². The van der Waals surface area contributed by atoms with E-state index < -0.39 is 0 Å². The summed E-state index contributed by atoms with van der Waals surface area (Å²) in [6.45, 7) is 0. The zero-order valence-electron chi connectivity index (χ0n) is 2.41. The van der Waals surface area contributed by atoms with Crippen LogP contribution in [0, 0.1) is 0 Å². The quantitative estimate of drug-likeness (QED) is 0.320. The van der Waals surface area contributed by atoms with Gasteiger partial charge in [0.15, 0.2) is 0 Å². The maximum absolute atomic E-state index is 0. The molecule has 0 rings (SSSR count). The fourth-order valence-electron chi connectivity index (χ4n) is 0. The summed E-state index contributed by atoms with van der Waals surface area (Å²) >= 11 is 0. The molecule has 0 fully saturated rings. The minimum atomic E-state index is 0. The van der Waals surface area contributed by atoms with Gasteiger partial charge in [-0.15, -0.1) is 0 Å². The number of hydrogen-bond donors (Lipinski definition) is 0. The standard InChI is InChI=1S/Cr.4H2O/h;4*1H2/q+2;;;;. The molecule has 0 amide bonds. The molecule has 4 nitrogen and oxygen atoms in total. The summed E-state index contributed by atoms with van der Waals surface area (Å²) in [5, 5.41) is 0.